The monoisotopic (exact) mass is 700 g/mol. The van der Waals surface area contributed by atoms with Gasteiger partial charge in [-0.3, -0.25) is 4.57 Å². The number of fused-ring (bicyclic) bond motifs is 15. The zero-order valence-corrected chi connectivity index (χ0v) is 29.8. The van der Waals surface area contributed by atoms with Gasteiger partial charge in [0.05, 0.1) is 27.5 Å². The summed E-state index contributed by atoms with van der Waals surface area (Å²) in [5, 5.41) is 4.56. The predicted octanol–water partition coefficient (Wildman–Crippen LogP) is 13.1. The maximum Gasteiger partial charge on any atom is 0.142 e. The second-order valence-corrected chi connectivity index (χ2v) is 14.6. The molecule has 0 saturated heterocycles. The molecule has 12 rings (SSSR count). The van der Waals surface area contributed by atoms with Gasteiger partial charge in [0.2, 0.25) is 0 Å². The van der Waals surface area contributed by atoms with Crippen LogP contribution in [0.1, 0.15) is 22.3 Å². The zero-order chi connectivity index (χ0) is 36.1. The van der Waals surface area contributed by atoms with Crippen molar-refractivity contribution in [3.63, 3.8) is 0 Å². The Morgan fingerprint density at radius 1 is 0.455 bits per heavy atom. The van der Waals surface area contributed by atoms with E-state index < -0.39 is 5.41 Å². The van der Waals surface area contributed by atoms with Crippen LogP contribution < -0.4 is 4.74 Å². The highest BCUT2D eigenvalue weighted by molar-refractivity contribution is 6.21. The highest BCUT2D eigenvalue weighted by Gasteiger charge is 2.51. The van der Waals surface area contributed by atoms with E-state index in [2.05, 4.69) is 199 Å². The molecule has 0 radical (unpaired) electrons. The number of benzene rings is 8. The lowest BCUT2D eigenvalue weighted by Crippen LogP contribution is -2.32. The summed E-state index contributed by atoms with van der Waals surface area (Å²) in [6, 6.07) is 69.8. The van der Waals surface area contributed by atoms with Crippen molar-refractivity contribution >= 4 is 32.6 Å². The number of hydrogen-bond donors (Lipinski definition) is 0. The molecular formula is C52H32N2O. The Labute approximate surface area is 318 Å². The first-order valence-corrected chi connectivity index (χ1v) is 18.9. The van der Waals surface area contributed by atoms with Crippen molar-refractivity contribution in [3.8, 4) is 50.8 Å². The van der Waals surface area contributed by atoms with E-state index >= 15 is 0 Å². The third-order valence-corrected chi connectivity index (χ3v) is 11.8. The fourth-order valence-corrected chi connectivity index (χ4v) is 9.60. The normalized spacial score (nSPS) is 13.4. The lowest BCUT2D eigenvalue weighted by atomic mass is 9.66. The van der Waals surface area contributed by atoms with Crippen molar-refractivity contribution in [1.82, 2.24) is 9.55 Å². The van der Waals surface area contributed by atoms with Crippen LogP contribution in [0.2, 0.25) is 0 Å². The molecule has 1 aliphatic carbocycles. The van der Waals surface area contributed by atoms with Crippen LogP contribution in [0.3, 0.4) is 0 Å². The van der Waals surface area contributed by atoms with Crippen LogP contribution >= 0.6 is 0 Å². The number of ether oxygens (including phenoxy) is 1. The van der Waals surface area contributed by atoms with E-state index in [0.29, 0.717) is 0 Å². The van der Waals surface area contributed by atoms with Gasteiger partial charge in [0.25, 0.3) is 0 Å². The van der Waals surface area contributed by atoms with Crippen molar-refractivity contribution in [2.75, 3.05) is 0 Å². The average Bonchev–Trinajstić information content (AvgIpc) is 3.76. The predicted molar refractivity (Wildman–Crippen MR) is 224 cm³/mol. The Kier molecular flexibility index (Phi) is 6.26. The number of aromatic nitrogens is 2. The number of para-hydroxylation sites is 1. The van der Waals surface area contributed by atoms with E-state index in [1.807, 2.05) is 0 Å². The maximum absolute atomic E-state index is 7.23. The molecule has 0 unspecified atom stereocenters. The highest BCUT2D eigenvalue weighted by atomic mass is 16.5. The third kappa shape index (κ3) is 4.12. The van der Waals surface area contributed by atoms with Crippen LogP contribution in [0, 0.1) is 0 Å². The van der Waals surface area contributed by atoms with Crippen molar-refractivity contribution < 1.29 is 4.74 Å². The van der Waals surface area contributed by atoms with Gasteiger partial charge in [-0.2, -0.15) is 0 Å². The largest absolute Gasteiger partial charge is 0.456 e. The minimum absolute atomic E-state index is 0.553. The van der Waals surface area contributed by atoms with Crippen LogP contribution in [0.4, 0.5) is 0 Å². The summed E-state index contributed by atoms with van der Waals surface area (Å²) in [6.45, 7) is 0. The molecule has 0 N–H and O–H groups in total. The highest BCUT2D eigenvalue weighted by Crippen LogP contribution is 2.63. The third-order valence-electron chi connectivity index (χ3n) is 11.8. The summed E-state index contributed by atoms with van der Waals surface area (Å²) >= 11 is 0. The Hall–Kier alpha value is -7.23. The van der Waals surface area contributed by atoms with Crippen molar-refractivity contribution in [2.45, 2.75) is 5.41 Å². The summed E-state index contributed by atoms with van der Waals surface area (Å²) in [6.07, 6.45) is 0. The van der Waals surface area contributed by atoms with E-state index in [4.69, 9.17) is 9.72 Å². The van der Waals surface area contributed by atoms with Gasteiger partial charge in [0, 0.05) is 27.5 Å². The molecule has 0 saturated carbocycles. The SMILES string of the molecule is c1ccc(-c2cc(-c3ccccc3)nc(-n3c4ccc5c(c4c4ccc6ccccc6c43)Oc3ccccc3C53c4ccccc4-c4ccccc43)c2)cc1. The molecular weight excluding hydrogens is 669 g/mol. The standard InChI is InChI=1S/C52H32N2O/c1-3-15-33(16-4-1)36-31-45(35-18-5-2-6-19-35)53-48(32-36)54-46-30-29-44-51(49(46)40-28-27-34-17-7-8-20-37(34)50(40)54)55-47-26-14-13-25-43(47)52(44)41-23-11-9-21-38(41)39-22-10-12-24-42(39)52/h1-32H. The fourth-order valence-electron chi connectivity index (χ4n) is 9.60. The lowest BCUT2D eigenvalue weighted by Gasteiger charge is -2.39. The van der Waals surface area contributed by atoms with Crippen LogP contribution in [-0.4, -0.2) is 9.55 Å². The van der Waals surface area contributed by atoms with Gasteiger partial charge in [-0.05, 0) is 63.0 Å². The van der Waals surface area contributed by atoms with Gasteiger partial charge in [0.1, 0.15) is 17.3 Å². The van der Waals surface area contributed by atoms with Gasteiger partial charge >= 0.3 is 0 Å². The van der Waals surface area contributed by atoms with Gasteiger partial charge < -0.3 is 4.74 Å². The summed E-state index contributed by atoms with van der Waals surface area (Å²) in [7, 11) is 0. The van der Waals surface area contributed by atoms with E-state index in [0.717, 1.165) is 72.6 Å². The van der Waals surface area contributed by atoms with E-state index in [1.165, 1.54) is 33.0 Å². The summed E-state index contributed by atoms with van der Waals surface area (Å²) < 4.78 is 9.60. The zero-order valence-electron chi connectivity index (χ0n) is 29.8. The molecule has 3 heterocycles. The fraction of sp³-hybridized carbons (Fsp3) is 0.0192. The van der Waals surface area contributed by atoms with Gasteiger partial charge in [-0.25, -0.2) is 4.98 Å². The van der Waals surface area contributed by atoms with Crippen LogP contribution in [0.25, 0.3) is 71.9 Å². The van der Waals surface area contributed by atoms with E-state index in [1.54, 1.807) is 0 Å². The molecule has 10 aromatic rings. The van der Waals surface area contributed by atoms with Crippen molar-refractivity contribution in [1.29, 1.82) is 0 Å². The van der Waals surface area contributed by atoms with Crippen LogP contribution in [0.5, 0.6) is 11.5 Å². The average molecular weight is 701 g/mol. The Balaban J connectivity index is 1.24. The summed E-state index contributed by atoms with van der Waals surface area (Å²) in [5.74, 6) is 2.63. The molecule has 0 atom stereocenters. The van der Waals surface area contributed by atoms with Crippen LogP contribution in [-0.2, 0) is 5.41 Å². The molecule has 2 aromatic heterocycles. The molecule has 3 heteroatoms. The summed E-state index contributed by atoms with van der Waals surface area (Å²) in [5.41, 5.74) is 13.3. The van der Waals surface area contributed by atoms with Gasteiger partial charge in [-0.15, -0.1) is 0 Å². The molecule has 55 heavy (non-hydrogen) atoms. The Morgan fingerprint density at radius 2 is 1.09 bits per heavy atom. The van der Waals surface area contributed by atoms with Crippen molar-refractivity contribution in [2.24, 2.45) is 0 Å². The summed E-state index contributed by atoms with van der Waals surface area (Å²) in [4.78, 5) is 5.48. The molecule has 2 aliphatic rings. The molecule has 0 fully saturated rings. The quantitative estimate of drug-likeness (QED) is 0.183. The van der Waals surface area contributed by atoms with Crippen LogP contribution in [0.15, 0.2) is 194 Å². The first-order valence-electron chi connectivity index (χ1n) is 18.9. The Morgan fingerprint density at radius 3 is 1.85 bits per heavy atom. The lowest BCUT2D eigenvalue weighted by molar-refractivity contribution is 0.442. The molecule has 256 valence electrons. The van der Waals surface area contributed by atoms with Gasteiger partial charge in [0.15, 0.2) is 0 Å². The molecule has 0 bridgehead atoms. The smallest absolute Gasteiger partial charge is 0.142 e. The second-order valence-electron chi connectivity index (χ2n) is 14.6. The van der Waals surface area contributed by atoms with E-state index in [-0.39, 0.29) is 0 Å². The topological polar surface area (TPSA) is 27.1 Å². The molecule has 1 spiro atoms. The first-order chi connectivity index (χ1) is 27.3. The second kappa shape index (κ2) is 11.4. The Bertz CT molecular complexity index is 3070. The van der Waals surface area contributed by atoms with Crippen molar-refractivity contribution in [3.05, 3.63) is 216 Å². The van der Waals surface area contributed by atoms with E-state index in [9.17, 15) is 0 Å². The first kappa shape index (κ1) is 30.3. The number of nitrogens with zero attached hydrogens (tertiary/aromatic N) is 2. The molecule has 1 aliphatic heterocycles. The number of hydrogen-bond acceptors (Lipinski definition) is 2. The number of pyridine rings is 1. The maximum atomic E-state index is 7.23. The molecule has 3 nitrogen and oxygen atoms in total. The minimum Gasteiger partial charge on any atom is -0.456 e. The minimum atomic E-state index is -0.553. The van der Waals surface area contributed by atoms with Gasteiger partial charge in [-0.1, -0.05) is 170 Å². The molecule has 8 aromatic carbocycles. The molecule has 0 amide bonds. The number of rotatable bonds is 3.